The fourth-order valence-electron chi connectivity index (χ4n) is 4.36. The van der Waals surface area contributed by atoms with E-state index < -0.39 is 22.7 Å². The monoisotopic (exact) mass is 516 g/mol. The van der Waals surface area contributed by atoms with Crippen LogP contribution < -0.4 is 14.2 Å². The van der Waals surface area contributed by atoms with Crippen molar-refractivity contribution in [3.05, 3.63) is 77.0 Å². The van der Waals surface area contributed by atoms with Crippen LogP contribution in [0.5, 0.6) is 11.5 Å². The zero-order valence-electron chi connectivity index (χ0n) is 19.8. The highest BCUT2D eigenvalue weighted by Crippen LogP contribution is 2.52. The number of aryl methyl sites for hydroxylation is 1. The average molecular weight is 517 g/mol. The van der Waals surface area contributed by atoms with Gasteiger partial charge in [-0.25, -0.2) is 8.93 Å². The molecule has 2 aliphatic rings. The molecule has 0 radical (unpaired) electrons. The van der Waals surface area contributed by atoms with Crippen LogP contribution in [-0.2, 0) is 34.2 Å². The average Bonchev–Trinajstić information content (AvgIpc) is 3.56. The van der Waals surface area contributed by atoms with Crippen molar-refractivity contribution in [1.29, 1.82) is 0 Å². The van der Waals surface area contributed by atoms with Crippen molar-refractivity contribution < 1.29 is 32.7 Å². The summed E-state index contributed by atoms with van der Waals surface area (Å²) >= 11 is 0. The normalized spacial score (nSPS) is 17.2. The summed E-state index contributed by atoms with van der Waals surface area (Å²) in [6.07, 6.45) is -0.655. The Morgan fingerprint density at radius 3 is 2.42 bits per heavy atom. The number of alkyl halides is 2. The van der Waals surface area contributed by atoms with Crippen LogP contribution in [0.4, 0.5) is 8.78 Å². The molecule has 0 saturated heterocycles. The Morgan fingerprint density at radius 2 is 1.75 bits per heavy atom. The minimum absolute atomic E-state index is 0. The molecule has 0 bridgehead atoms. The number of ketones is 1. The van der Waals surface area contributed by atoms with E-state index in [1.54, 1.807) is 12.3 Å². The minimum Gasteiger partial charge on any atom is -0.412 e. The third-order valence-corrected chi connectivity index (χ3v) is 6.99. The van der Waals surface area contributed by atoms with Crippen molar-refractivity contribution in [2.45, 2.75) is 44.4 Å². The van der Waals surface area contributed by atoms with Crippen LogP contribution in [0.2, 0.25) is 0 Å². The van der Waals surface area contributed by atoms with E-state index in [-0.39, 0.29) is 29.2 Å². The van der Waals surface area contributed by atoms with Crippen LogP contribution in [0.25, 0.3) is 11.3 Å². The molecule has 1 aliphatic carbocycles. The summed E-state index contributed by atoms with van der Waals surface area (Å²) in [4.78, 5) is 18.1. The number of benzene rings is 2. The Labute approximate surface area is 209 Å². The molecule has 1 saturated carbocycles. The number of aromatic nitrogens is 1. The van der Waals surface area contributed by atoms with Gasteiger partial charge in [0.2, 0.25) is 0 Å². The molecule has 7 nitrogen and oxygen atoms in total. The van der Waals surface area contributed by atoms with E-state index in [0.717, 1.165) is 22.4 Å². The van der Waals surface area contributed by atoms with Crippen molar-refractivity contribution in [2.75, 3.05) is 6.26 Å². The van der Waals surface area contributed by atoms with Crippen molar-refractivity contribution >= 4 is 16.8 Å². The van der Waals surface area contributed by atoms with Gasteiger partial charge in [-0.3, -0.25) is 9.78 Å². The molecule has 36 heavy (non-hydrogen) atoms. The molecule has 0 spiro atoms. The van der Waals surface area contributed by atoms with E-state index in [1.807, 2.05) is 43.3 Å². The number of Topliss-reactive ketones (excluding diaryl/α,β-unsaturated/α-hetero) is 1. The number of ether oxygens (including phenoxy) is 2. The van der Waals surface area contributed by atoms with Crippen molar-refractivity contribution in [3.8, 4) is 22.8 Å². The Hall–Kier alpha value is -3.21. The second-order valence-corrected chi connectivity index (χ2v) is 10.1. The molecule has 0 amide bonds. The maximum atomic E-state index is 13.4. The summed E-state index contributed by atoms with van der Waals surface area (Å²) in [5, 5.41) is 0. The van der Waals surface area contributed by atoms with Crippen LogP contribution in [0.1, 0.15) is 35.2 Å². The van der Waals surface area contributed by atoms with Gasteiger partial charge in [-0.15, -0.1) is 8.78 Å². The van der Waals surface area contributed by atoms with Gasteiger partial charge < -0.3 is 14.9 Å². The topological polar surface area (TPSA) is 109 Å². The fourth-order valence-corrected chi connectivity index (χ4v) is 4.73. The van der Waals surface area contributed by atoms with Gasteiger partial charge in [-0.05, 0) is 54.7 Å². The van der Waals surface area contributed by atoms with E-state index in [1.165, 1.54) is 12.1 Å². The second kappa shape index (κ2) is 9.68. The molecule has 10 heteroatoms. The first-order valence-corrected chi connectivity index (χ1v) is 12.8. The van der Waals surface area contributed by atoms with E-state index in [0.29, 0.717) is 30.6 Å². The van der Waals surface area contributed by atoms with Gasteiger partial charge in [0.25, 0.3) is 0 Å². The SMILES string of the molecule is Cc1ccc(CC(=O)C2(c3ccc4c(c3)OC(F)(F)O4)CC2)nc1-c1ccc(CNS(C)=O)cc1.O. The predicted molar refractivity (Wildman–Crippen MR) is 131 cm³/mol. The molecule has 1 atom stereocenters. The van der Waals surface area contributed by atoms with Crippen LogP contribution in [-0.4, -0.2) is 33.0 Å². The molecule has 190 valence electrons. The zero-order valence-corrected chi connectivity index (χ0v) is 20.6. The van der Waals surface area contributed by atoms with E-state index in [9.17, 15) is 17.8 Å². The lowest BCUT2D eigenvalue weighted by molar-refractivity contribution is -0.286. The number of halogens is 2. The molecule has 3 aromatic rings. The van der Waals surface area contributed by atoms with Crippen LogP contribution in [0, 0.1) is 6.92 Å². The highest BCUT2D eigenvalue weighted by molar-refractivity contribution is 7.82. The van der Waals surface area contributed by atoms with Gasteiger partial charge >= 0.3 is 6.29 Å². The number of fused-ring (bicyclic) bond motifs is 1. The van der Waals surface area contributed by atoms with Gasteiger partial charge in [0, 0.05) is 30.5 Å². The predicted octanol–water partition coefficient (Wildman–Crippen LogP) is 3.78. The van der Waals surface area contributed by atoms with Crippen LogP contribution in [0.15, 0.2) is 54.6 Å². The molecule has 1 unspecified atom stereocenters. The quantitative estimate of drug-likeness (QED) is 0.490. The smallest absolute Gasteiger partial charge is 0.412 e. The summed E-state index contributed by atoms with van der Waals surface area (Å²) in [6.45, 7) is 2.47. The highest BCUT2D eigenvalue weighted by atomic mass is 32.2. The standard InChI is InChI=1S/C26H24F2N2O4S.H2O/c1-16-3-9-20(30-24(16)18-6-4-17(5-7-18)15-29-35(2)32)14-23(31)25(11-12-25)19-8-10-21-22(13-19)34-26(27,28)33-21;/h3-10,13,29H,11-12,14-15H2,1-2H3;1H2. The van der Waals surface area contributed by atoms with Gasteiger partial charge in [-0.2, -0.15) is 0 Å². The van der Waals surface area contributed by atoms with Gasteiger partial charge in [0.1, 0.15) is 5.78 Å². The second-order valence-electron chi connectivity index (χ2n) is 8.95. The molecule has 1 aliphatic heterocycles. The first-order valence-electron chi connectivity index (χ1n) is 11.2. The first kappa shape index (κ1) is 25.9. The number of carbonyl (C=O) groups excluding carboxylic acids is 1. The summed E-state index contributed by atoms with van der Waals surface area (Å²) < 4.78 is 49.9. The molecule has 5 rings (SSSR count). The maximum absolute atomic E-state index is 13.4. The summed E-state index contributed by atoms with van der Waals surface area (Å²) in [5.41, 5.74) is 4.31. The lowest BCUT2D eigenvalue weighted by Gasteiger charge is -2.16. The van der Waals surface area contributed by atoms with Crippen molar-refractivity contribution in [2.24, 2.45) is 0 Å². The molecule has 2 heterocycles. The number of hydrogen-bond acceptors (Lipinski definition) is 5. The van der Waals surface area contributed by atoms with E-state index in [4.69, 9.17) is 4.98 Å². The minimum atomic E-state index is -3.69. The van der Waals surface area contributed by atoms with Crippen LogP contribution >= 0.6 is 0 Å². The Bertz CT molecular complexity index is 1330. The Morgan fingerprint density at radius 1 is 1.06 bits per heavy atom. The fraction of sp³-hybridized carbons (Fsp3) is 0.308. The van der Waals surface area contributed by atoms with Crippen molar-refractivity contribution in [3.63, 3.8) is 0 Å². The number of carbonyl (C=O) groups is 1. The highest BCUT2D eigenvalue weighted by Gasteiger charge is 2.52. The third-order valence-electron chi connectivity index (χ3n) is 6.44. The molecular formula is C26H26F2N2O5S. The maximum Gasteiger partial charge on any atom is 0.586 e. The molecular weight excluding hydrogens is 490 g/mol. The van der Waals surface area contributed by atoms with Crippen molar-refractivity contribution in [1.82, 2.24) is 9.71 Å². The number of hydrogen-bond donors (Lipinski definition) is 1. The number of nitrogens with one attached hydrogen (secondary N) is 1. The van der Waals surface area contributed by atoms with Gasteiger partial charge in [0.15, 0.2) is 11.5 Å². The molecule has 1 fully saturated rings. The molecule has 2 aromatic carbocycles. The van der Waals surface area contributed by atoms with E-state index >= 15 is 0 Å². The Balaban J connectivity index is 0.00000304. The summed E-state index contributed by atoms with van der Waals surface area (Å²) in [7, 11) is -1.08. The first-order chi connectivity index (χ1) is 16.6. The largest absolute Gasteiger partial charge is 0.586 e. The Kier molecular flexibility index (Phi) is 6.96. The molecule has 3 N–H and O–H groups in total. The van der Waals surface area contributed by atoms with Gasteiger partial charge in [-0.1, -0.05) is 36.4 Å². The van der Waals surface area contributed by atoms with E-state index in [2.05, 4.69) is 14.2 Å². The lowest BCUT2D eigenvalue weighted by atomic mass is 9.88. The lowest BCUT2D eigenvalue weighted by Crippen LogP contribution is -2.26. The number of pyridine rings is 1. The zero-order chi connectivity index (χ0) is 24.8. The van der Waals surface area contributed by atoms with Gasteiger partial charge in [0.05, 0.1) is 22.1 Å². The molecule has 1 aromatic heterocycles. The third kappa shape index (κ3) is 5.16. The number of rotatable bonds is 8. The number of nitrogens with zero attached hydrogens (tertiary/aromatic N) is 1. The van der Waals surface area contributed by atoms with Crippen LogP contribution in [0.3, 0.4) is 0 Å². The summed E-state index contributed by atoms with van der Waals surface area (Å²) in [6, 6.07) is 16.2. The summed E-state index contributed by atoms with van der Waals surface area (Å²) in [5.74, 6) is -0.0813.